The van der Waals surface area contributed by atoms with Crippen LogP contribution in [0.1, 0.15) is 25.0 Å². The van der Waals surface area contributed by atoms with Crippen LogP contribution in [0.3, 0.4) is 0 Å². The maximum atomic E-state index is 12.5. The molecular formula is C20H22Cl2N2O3. The van der Waals surface area contributed by atoms with Crippen molar-refractivity contribution in [3.63, 3.8) is 0 Å². The van der Waals surface area contributed by atoms with Gasteiger partial charge in [-0.05, 0) is 42.3 Å². The zero-order valence-corrected chi connectivity index (χ0v) is 17.0. The summed E-state index contributed by atoms with van der Waals surface area (Å²) in [6, 6.07) is 11.8. The first-order valence-corrected chi connectivity index (χ1v) is 9.19. The summed E-state index contributed by atoms with van der Waals surface area (Å²) < 4.78 is 5.13. The summed E-state index contributed by atoms with van der Waals surface area (Å²) in [5.41, 5.74) is 1.66. The number of ether oxygens (including phenoxy) is 1. The minimum atomic E-state index is -0.629. The van der Waals surface area contributed by atoms with Crippen LogP contribution >= 0.6 is 23.2 Å². The van der Waals surface area contributed by atoms with Crippen LogP contribution in [-0.2, 0) is 22.7 Å². The van der Waals surface area contributed by atoms with Crippen molar-refractivity contribution < 1.29 is 14.3 Å². The lowest BCUT2D eigenvalue weighted by atomic mass is 10.1. The molecule has 0 fully saturated rings. The van der Waals surface area contributed by atoms with Crippen molar-refractivity contribution in [2.24, 2.45) is 0 Å². The molecule has 0 bridgehead atoms. The highest BCUT2D eigenvalue weighted by Crippen LogP contribution is 2.21. The van der Waals surface area contributed by atoms with Gasteiger partial charge in [0.15, 0.2) is 0 Å². The number of nitrogens with zero attached hydrogens (tertiary/aromatic N) is 1. The van der Waals surface area contributed by atoms with Crippen molar-refractivity contribution >= 4 is 35.0 Å². The molecule has 144 valence electrons. The van der Waals surface area contributed by atoms with E-state index in [0.29, 0.717) is 16.6 Å². The summed E-state index contributed by atoms with van der Waals surface area (Å²) in [4.78, 5) is 26.1. The largest absolute Gasteiger partial charge is 0.497 e. The molecule has 0 aromatic heterocycles. The van der Waals surface area contributed by atoms with Crippen LogP contribution in [0.15, 0.2) is 42.5 Å². The highest BCUT2D eigenvalue weighted by molar-refractivity contribution is 6.35. The van der Waals surface area contributed by atoms with E-state index in [-0.39, 0.29) is 18.4 Å². The second-order valence-corrected chi connectivity index (χ2v) is 6.97. The lowest BCUT2D eigenvalue weighted by Crippen LogP contribution is -2.46. The van der Waals surface area contributed by atoms with E-state index in [1.54, 1.807) is 32.2 Å². The van der Waals surface area contributed by atoms with Gasteiger partial charge in [0.2, 0.25) is 11.8 Å². The fraction of sp³-hybridized carbons (Fsp3) is 0.300. The van der Waals surface area contributed by atoms with Crippen molar-refractivity contribution in [3.05, 3.63) is 63.6 Å². The fourth-order valence-corrected chi connectivity index (χ4v) is 3.06. The number of hydrogen-bond donors (Lipinski definition) is 1. The van der Waals surface area contributed by atoms with E-state index in [0.717, 1.165) is 16.9 Å². The van der Waals surface area contributed by atoms with Gasteiger partial charge in [-0.15, -0.1) is 0 Å². The van der Waals surface area contributed by atoms with Crippen LogP contribution in [0.5, 0.6) is 5.75 Å². The summed E-state index contributed by atoms with van der Waals surface area (Å²) in [5, 5.41) is 3.83. The zero-order chi connectivity index (χ0) is 20.0. The third-order valence-corrected chi connectivity index (χ3v) is 4.82. The number of nitrogens with one attached hydrogen (secondary N) is 1. The normalized spacial score (nSPS) is 11.6. The van der Waals surface area contributed by atoms with Crippen LogP contribution < -0.4 is 10.1 Å². The van der Waals surface area contributed by atoms with Gasteiger partial charge in [-0.2, -0.15) is 0 Å². The molecule has 27 heavy (non-hydrogen) atoms. The number of carbonyl (C=O) groups excluding carboxylic acids is 2. The van der Waals surface area contributed by atoms with Gasteiger partial charge in [-0.3, -0.25) is 9.59 Å². The SMILES string of the molecule is COc1ccc(CN(C(C)=O)[C@@H](C)C(=O)NCc2ccc(Cl)cc2Cl)cc1. The molecule has 2 aromatic carbocycles. The molecule has 0 aliphatic rings. The van der Waals surface area contributed by atoms with Gasteiger partial charge in [0.05, 0.1) is 7.11 Å². The van der Waals surface area contributed by atoms with Crippen molar-refractivity contribution in [1.82, 2.24) is 10.2 Å². The average Bonchev–Trinajstić information content (AvgIpc) is 2.64. The molecule has 0 spiro atoms. The second-order valence-electron chi connectivity index (χ2n) is 6.12. The smallest absolute Gasteiger partial charge is 0.242 e. The molecule has 0 saturated carbocycles. The molecule has 1 N–H and O–H groups in total. The molecular weight excluding hydrogens is 387 g/mol. The molecule has 0 radical (unpaired) electrons. The Morgan fingerprint density at radius 1 is 1.15 bits per heavy atom. The van der Waals surface area contributed by atoms with E-state index in [1.807, 2.05) is 24.3 Å². The van der Waals surface area contributed by atoms with Crippen LogP contribution in [0, 0.1) is 0 Å². The number of benzene rings is 2. The number of hydrogen-bond acceptors (Lipinski definition) is 3. The molecule has 2 rings (SSSR count). The average molecular weight is 409 g/mol. The van der Waals surface area contributed by atoms with Crippen LogP contribution in [0.2, 0.25) is 10.0 Å². The maximum Gasteiger partial charge on any atom is 0.242 e. The van der Waals surface area contributed by atoms with E-state index in [9.17, 15) is 9.59 Å². The molecule has 5 nitrogen and oxygen atoms in total. The van der Waals surface area contributed by atoms with Gasteiger partial charge in [0, 0.05) is 30.1 Å². The molecule has 2 amide bonds. The Balaban J connectivity index is 2.02. The number of carbonyl (C=O) groups is 2. The highest BCUT2D eigenvalue weighted by Gasteiger charge is 2.23. The Kier molecular flexibility index (Phi) is 7.51. The minimum Gasteiger partial charge on any atom is -0.497 e. The van der Waals surface area contributed by atoms with Crippen LogP contribution in [0.25, 0.3) is 0 Å². The van der Waals surface area contributed by atoms with Gasteiger partial charge in [-0.1, -0.05) is 41.4 Å². The van der Waals surface area contributed by atoms with Crippen molar-refractivity contribution in [2.45, 2.75) is 33.0 Å². The van der Waals surface area contributed by atoms with Gasteiger partial charge in [0.1, 0.15) is 11.8 Å². The summed E-state index contributed by atoms with van der Waals surface area (Å²) in [6.07, 6.45) is 0. The van der Waals surface area contributed by atoms with E-state index in [4.69, 9.17) is 27.9 Å². The van der Waals surface area contributed by atoms with Gasteiger partial charge >= 0.3 is 0 Å². The van der Waals surface area contributed by atoms with Crippen LogP contribution in [0.4, 0.5) is 0 Å². The molecule has 1 atom stereocenters. The molecule has 0 heterocycles. The summed E-state index contributed by atoms with van der Waals surface area (Å²) in [6.45, 7) is 3.73. The quantitative estimate of drug-likeness (QED) is 0.751. The van der Waals surface area contributed by atoms with Crippen molar-refractivity contribution in [2.75, 3.05) is 7.11 Å². The highest BCUT2D eigenvalue weighted by atomic mass is 35.5. The van der Waals surface area contributed by atoms with Crippen LogP contribution in [-0.4, -0.2) is 29.9 Å². The third-order valence-electron chi connectivity index (χ3n) is 4.23. The Hall–Kier alpha value is -2.24. The van der Waals surface area contributed by atoms with E-state index >= 15 is 0 Å². The Labute approximate surface area is 169 Å². The lowest BCUT2D eigenvalue weighted by Gasteiger charge is -2.27. The third kappa shape index (κ3) is 5.88. The predicted octanol–water partition coefficient (Wildman–Crippen LogP) is 4.06. The monoisotopic (exact) mass is 408 g/mol. The second kappa shape index (κ2) is 9.62. The van der Waals surface area contributed by atoms with Gasteiger partial charge < -0.3 is 15.0 Å². The maximum absolute atomic E-state index is 12.5. The summed E-state index contributed by atoms with van der Waals surface area (Å²) in [5.74, 6) is 0.293. The van der Waals surface area contributed by atoms with E-state index in [1.165, 1.54) is 11.8 Å². The van der Waals surface area contributed by atoms with Gasteiger partial charge in [-0.25, -0.2) is 0 Å². The van der Waals surface area contributed by atoms with E-state index < -0.39 is 6.04 Å². The molecule has 0 aliphatic heterocycles. The van der Waals surface area contributed by atoms with E-state index in [2.05, 4.69) is 5.32 Å². The number of halogens is 2. The Morgan fingerprint density at radius 3 is 2.37 bits per heavy atom. The number of rotatable bonds is 7. The first kappa shape index (κ1) is 21.1. The first-order valence-electron chi connectivity index (χ1n) is 8.43. The number of amides is 2. The topological polar surface area (TPSA) is 58.6 Å². The molecule has 2 aromatic rings. The molecule has 0 unspecified atom stereocenters. The summed E-state index contributed by atoms with van der Waals surface area (Å²) in [7, 11) is 1.59. The predicted molar refractivity (Wildman–Crippen MR) is 107 cm³/mol. The number of methoxy groups -OCH3 is 1. The molecule has 0 saturated heterocycles. The molecule has 0 aliphatic carbocycles. The Bertz CT molecular complexity index is 809. The van der Waals surface area contributed by atoms with Crippen molar-refractivity contribution in [3.8, 4) is 5.75 Å². The first-order chi connectivity index (χ1) is 12.8. The fourth-order valence-electron chi connectivity index (χ4n) is 2.59. The Morgan fingerprint density at radius 2 is 1.81 bits per heavy atom. The van der Waals surface area contributed by atoms with Gasteiger partial charge in [0.25, 0.3) is 0 Å². The van der Waals surface area contributed by atoms with Crippen molar-refractivity contribution in [1.29, 1.82) is 0 Å². The minimum absolute atomic E-state index is 0.182. The lowest BCUT2D eigenvalue weighted by molar-refractivity contribution is -0.139. The zero-order valence-electron chi connectivity index (χ0n) is 15.5. The molecule has 7 heteroatoms. The summed E-state index contributed by atoms with van der Waals surface area (Å²) >= 11 is 12.0. The standard InChI is InChI=1S/C20H22Cl2N2O3/c1-13(20(26)23-11-16-6-7-17(21)10-19(16)22)24(14(2)25)12-15-4-8-18(27-3)9-5-15/h4-10,13H,11-12H2,1-3H3,(H,23,26)/t13-/m0/s1.